The third kappa shape index (κ3) is 7.78. The van der Waals surface area contributed by atoms with Crippen LogP contribution in [-0.2, 0) is 9.53 Å². The number of rotatable bonds is 9. The van der Waals surface area contributed by atoms with Crippen LogP contribution in [0, 0.1) is 0 Å². The first-order chi connectivity index (χ1) is 10.9. The van der Waals surface area contributed by atoms with Crippen molar-refractivity contribution in [2.75, 3.05) is 6.54 Å². The lowest BCUT2D eigenvalue weighted by atomic mass is 10.1. The Labute approximate surface area is 143 Å². The summed E-state index contributed by atoms with van der Waals surface area (Å²) in [6, 6.07) is 6.35. The maximum atomic E-state index is 12.1. The molecule has 0 aromatic heterocycles. The number of nitrogens with one attached hydrogen (secondary N) is 1. The zero-order valence-electron chi connectivity index (χ0n) is 13.0. The van der Waals surface area contributed by atoms with E-state index in [-0.39, 0.29) is 12.2 Å². The summed E-state index contributed by atoms with van der Waals surface area (Å²) >= 11 is 3.30. The monoisotopic (exact) mass is 384 g/mol. The third-order valence-corrected chi connectivity index (χ3v) is 3.69. The molecule has 126 valence electrons. The molecule has 0 saturated heterocycles. The molecule has 1 aromatic carbocycles. The number of ether oxygens (including phenoxy) is 1. The average molecular weight is 385 g/mol. The van der Waals surface area contributed by atoms with E-state index in [4.69, 9.17) is 10.5 Å². The van der Waals surface area contributed by atoms with Crippen LogP contribution in [0.1, 0.15) is 43.0 Å². The van der Waals surface area contributed by atoms with E-state index in [1.54, 1.807) is 31.2 Å². The molecule has 0 spiro atoms. The van der Waals surface area contributed by atoms with E-state index in [0.717, 1.165) is 17.3 Å². The van der Waals surface area contributed by atoms with Crippen LogP contribution in [-0.4, -0.2) is 30.4 Å². The second kappa shape index (κ2) is 9.99. The van der Waals surface area contributed by atoms with E-state index < -0.39 is 18.1 Å². The summed E-state index contributed by atoms with van der Waals surface area (Å²) in [4.78, 5) is 34.3. The van der Waals surface area contributed by atoms with Gasteiger partial charge in [-0.05, 0) is 31.9 Å². The standard InChI is InChI=1S/C16H21BrN2O4/c1-11(15(21)12-6-8-13(17)9-7-12)23-14(20)5-3-2-4-10-19-16(18)22/h6-9,11H,2-5,10H2,1H3,(H3,18,19,22)/t11-/m0/s1. The number of hydrogen-bond donors (Lipinski definition) is 2. The molecule has 0 heterocycles. The van der Waals surface area contributed by atoms with E-state index in [1.807, 2.05) is 0 Å². The minimum atomic E-state index is -0.805. The summed E-state index contributed by atoms with van der Waals surface area (Å²) in [5.41, 5.74) is 5.44. The van der Waals surface area contributed by atoms with Gasteiger partial charge in [-0.1, -0.05) is 34.5 Å². The highest BCUT2D eigenvalue weighted by Crippen LogP contribution is 2.13. The fourth-order valence-electron chi connectivity index (χ4n) is 1.94. The maximum absolute atomic E-state index is 12.1. The predicted molar refractivity (Wildman–Crippen MR) is 90.1 cm³/mol. The topological polar surface area (TPSA) is 98.5 Å². The van der Waals surface area contributed by atoms with Gasteiger partial charge in [0.15, 0.2) is 6.10 Å². The molecule has 1 aromatic rings. The van der Waals surface area contributed by atoms with Gasteiger partial charge in [0.05, 0.1) is 0 Å². The number of ketones is 1. The molecule has 23 heavy (non-hydrogen) atoms. The second-order valence-corrected chi connectivity index (χ2v) is 6.02. The Morgan fingerprint density at radius 2 is 1.83 bits per heavy atom. The molecular weight excluding hydrogens is 364 g/mol. The minimum absolute atomic E-state index is 0.225. The third-order valence-electron chi connectivity index (χ3n) is 3.16. The zero-order chi connectivity index (χ0) is 17.2. The van der Waals surface area contributed by atoms with E-state index >= 15 is 0 Å². The number of hydrogen-bond acceptors (Lipinski definition) is 4. The van der Waals surface area contributed by atoms with Crippen molar-refractivity contribution in [1.29, 1.82) is 0 Å². The molecule has 0 aliphatic heterocycles. The molecule has 3 N–H and O–H groups in total. The van der Waals surface area contributed by atoms with Crippen LogP contribution in [0.25, 0.3) is 0 Å². The van der Waals surface area contributed by atoms with Gasteiger partial charge in [-0.25, -0.2) is 4.79 Å². The molecule has 1 atom stereocenters. The highest BCUT2D eigenvalue weighted by molar-refractivity contribution is 9.10. The predicted octanol–water partition coefficient (Wildman–Crippen LogP) is 2.79. The Morgan fingerprint density at radius 1 is 1.17 bits per heavy atom. The number of esters is 1. The molecule has 0 aliphatic carbocycles. The Balaban J connectivity index is 2.26. The van der Waals surface area contributed by atoms with Crippen molar-refractivity contribution in [3.8, 4) is 0 Å². The summed E-state index contributed by atoms with van der Waals surface area (Å²) in [6.45, 7) is 2.06. The lowest BCUT2D eigenvalue weighted by molar-refractivity contribution is -0.146. The van der Waals surface area contributed by atoms with Gasteiger partial charge in [-0.2, -0.15) is 0 Å². The Bertz CT molecular complexity index is 546. The number of halogens is 1. The number of benzene rings is 1. The molecule has 7 heteroatoms. The normalized spacial score (nSPS) is 11.6. The first-order valence-corrected chi connectivity index (χ1v) is 8.22. The van der Waals surface area contributed by atoms with Crippen molar-refractivity contribution < 1.29 is 19.1 Å². The lowest BCUT2D eigenvalue weighted by Crippen LogP contribution is -2.30. The average Bonchev–Trinajstić information content (AvgIpc) is 2.50. The molecular formula is C16H21BrN2O4. The molecule has 0 aliphatic rings. The van der Waals surface area contributed by atoms with Crippen LogP contribution < -0.4 is 11.1 Å². The SMILES string of the molecule is C[C@H](OC(=O)CCCCCNC(N)=O)C(=O)c1ccc(Br)cc1. The molecule has 0 bridgehead atoms. The zero-order valence-corrected chi connectivity index (χ0v) is 14.6. The van der Waals surface area contributed by atoms with Gasteiger partial charge in [0.1, 0.15) is 0 Å². The summed E-state index contributed by atoms with van der Waals surface area (Å²) in [7, 11) is 0. The van der Waals surface area contributed by atoms with Crippen molar-refractivity contribution in [1.82, 2.24) is 5.32 Å². The van der Waals surface area contributed by atoms with Gasteiger partial charge < -0.3 is 15.8 Å². The fourth-order valence-corrected chi connectivity index (χ4v) is 2.21. The van der Waals surface area contributed by atoms with E-state index in [9.17, 15) is 14.4 Å². The van der Waals surface area contributed by atoms with Gasteiger partial charge in [-0.15, -0.1) is 0 Å². The molecule has 0 radical (unpaired) electrons. The molecule has 0 fully saturated rings. The van der Waals surface area contributed by atoms with Gasteiger partial charge in [-0.3, -0.25) is 9.59 Å². The molecule has 1 rings (SSSR count). The number of Topliss-reactive ketones (excluding diaryl/α,β-unsaturated/α-hetero) is 1. The van der Waals surface area contributed by atoms with Crippen molar-refractivity contribution in [3.05, 3.63) is 34.3 Å². The quantitative estimate of drug-likeness (QED) is 0.388. The first-order valence-electron chi connectivity index (χ1n) is 7.42. The maximum Gasteiger partial charge on any atom is 0.312 e. The minimum Gasteiger partial charge on any atom is -0.454 e. The molecule has 6 nitrogen and oxygen atoms in total. The Morgan fingerprint density at radius 3 is 2.43 bits per heavy atom. The Hall–Kier alpha value is -1.89. The summed E-state index contributed by atoms with van der Waals surface area (Å²) in [6.07, 6.45) is 1.58. The van der Waals surface area contributed by atoms with Gasteiger partial charge in [0.2, 0.25) is 5.78 Å². The summed E-state index contributed by atoms with van der Waals surface area (Å²) in [5.74, 6) is -0.623. The van der Waals surface area contributed by atoms with Crippen LogP contribution in [0.3, 0.4) is 0 Å². The van der Waals surface area contributed by atoms with E-state index in [0.29, 0.717) is 18.5 Å². The number of primary amides is 1. The number of urea groups is 1. The number of amides is 2. The second-order valence-electron chi connectivity index (χ2n) is 5.10. The lowest BCUT2D eigenvalue weighted by Gasteiger charge is -2.12. The van der Waals surface area contributed by atoms with E-state index in [1.165, 1.54) is 0 Å². The van der Waals surface area contributed by atoms with Gasteiger partial charge in [0, 0.05) is 23.0 Å². The molecule has 0 saturated carbocycles. The first kappa shape index (κ1) is 19.2. The van der Waals surface area contributed by atoms with Crippen LogP contribution in [0.2, 0.25) is 0 Å². The van der Waals surface area contributed by atoms with Crippen LogP contribution >= 0.6 is 15.9 Å². The fraction of sp³-hybridized carbons (Fsp3) is 0.438. The largest absolute Gasteiger partial charge is 0.454 e. The highest BCUT2D eigenvalue weighted by atomic mass is 79.9. The highest BCUT2D eigenvalue weighted by Gasteiger charge is 2.19. The van der Waals surface area contributed by atoms with E-state index in [2.05, 4.69) is 21.2 Å². The molecule has 2 amide bonds. The van der Waals surface area contributed by atoms with Gasteiger partial charge in [0.25, 0.3) is 0 Å². The Kier molecular flexibility index (Phi) is 8.32. The van der Waals surface area contributed by atoms with Crippen LogP contribution in [0.15, 0.2) is 28.7 Å². The van der Waals surface area contributed by atoms with Crippen LogP contribution in [0.5, 0.6) is 0 Å². The van der Waals surface area contributed by atoms with Crippen molar-refractivity contribution >= 4 is 33.7 Å². The number of nitrogens with two attached hydrogens (primary N) is 1. The smallest absolute Gasteiger partial charge is 0.312 e. The number of unbranched alkanes of at least 4 members (excludes halogenated alkanes) is 2. The summed E-state index contributed by atoms with van der Waals surface area (Å²) in [5, 5.41) is 2.48. The van der Waals surface area contributed by atoms with Gasteiger partial charge >= 0.3 is 12.0 Å². The van der Waals surface area contributed by atoms with Crippen molar-refractivity contribution in [2.24, 2.45) is 5.73 Å². The number of carbonyl (C=O) groups excluding carboxylic acids is 3. The van der Waals surface area contributed by atoms with Crippen LogP contribution in [0.4, 0.5) is 4.79 Å². The van der Waals surface area contributed by atoms with Crippen molar-refractivity contribution in [3.63, 3.8) is 0 Å². The summed E-state index contributed by atoms with van der Waals surface area (Å²) < 4.78 is 6.03. The number of carbonyl (C=O) groups is 3. The molecule has 0 unspecified atom stereocenters. The van der Waals surface area contributed by atoms with Crippen molar-refractivity contribution in [2.45, 2.75) is 38.7 Å².